The summed E-state index contributed by atoms with van der Waals surface area (Å²) in [7, 11) is -1.35. The summed E-state index contributed by atoms with van der Waals surface area (Å²) in [6.45, 7) is 6.01. The highest BCUT2D eigenvalue weighted by atomic mass is 32.2. The molecule has 6 nitrogen and oxygen atoms in total. The molecule has 0 unspecified atom stereocenters. The van der Waals surface area contributed by atoms with Gasteiger partial charge in [0.05, 0.1) is 24.5 Å². The first-order valence-corrected chi connectivity index (χ1v) is 11.4. The summed E-state index contributed by atoms with van der Waals surface area (Å²) in [6.07, 6.45) is 2.31. The third-order valence-electron chi connectivity index (χ3n) is 3.92. The van der Waals surface area contributed by atoms with Crippen LogP contribution in [0.2, 0.25) is 0 Å². The van der Waals surface area contributed by atoms with E-state index in [-0.39, 0.29) is 6.61 Å². The molecule has 0 bridgehead atoms. The predicted molar refractivity (Wildman–Crippen MR) is 111 cm³/mol. The Balaban J connectivity index is 2.78. The lowest BCUT2D eigenvalue weighted by Gasteiger charge is -2.24. The molecule has 0 heterocycles. The molecule has 0 amide bonds. The molecule has 1 rings (SSSR count). The van der Waals surface area contributed by atoms with Gasteiger partial charge in [-0.3, -0.25) is 0 Å². The Morgan fingerprint density at radius 1 is 1.37 bits per heavy atom. The van der Waals surface area contributed by atoms with Crippen LogP contribution in [0.4, 0.5) is 0 Å². The zero-order valence-electron chi connectivity index (χ0n) is 16.0. The van der Waals surface area contributed by atoms with Crippen molar-refractivity contribution >= 4 is 21.8 Å². The molecule has 0 fully saturated rings. The quantitative estimate of drug-likeness (QED) is 0.331. The van der Waals surface area contributed by atoms with Gasteiger partial charge >= 0.3 is 0 Å². The predicted octanol–water partition coefficient (Wildman–Crippen LogP) is 2.50. The van der Waals surface area contributed by atoms with E-state index in [9.17, 15) is 18.8 Å². The molecular weight excluding hydrogens is 382 g/mol. The second-order valence-corrected chi connectivity index (χ2v) is 9.01. The van der Waals surface area contributed by atoms with Gasteiger partial charge in [-0.25, -0.2) is 13.1 Å². The van der Waals surface area contributed by atoms with Gasteiger partial charge in [0.25, 0.3) is 0 Å². The van der Waals surface area contributed by atoms with E-state index in [1.165, 1.54) is 0 Å². The van der Waals surface area contributed by atoms with Crippen molar-refractivity contribution in [2.45, 2.75) is 24.7 Å². The average Bonchev–Trinajstić information content (AvgIpc) is 2.64. The summed E-state index contributed by atoms with van der Waals surface area (Å²) in [5, 5.41) is 18.8. The van der Waals surface area contributed by atoms with Crippen molar-refractivity contribution in [3.05, 3.63) is 53.4 Å². The van der Waals surface area contributed by atoms with E-state index in [0.29, 0.717) is 36.4 Å². The summed E-state index contributed by atoms with van der Waals surface area (Å²) < 4.78 is 24.5. The largest absolute Gasteiger partial charge is 0.390 e. The number of likely N-dealkylation sites (N-methyl/N-ethyl adjacent to an activating group) is 1. The van der Waals surface area contributed by atoms with E-state index in [4.69, 9.17) is 0 Å². The van der Waals surface area contributed by atoms with E-state index in [2.05, 4.69) is 17.4 Å². The standard InChI is InChI=1S/C19H27N3O3S2/c1-5-19(22(3)15(2)14-23)17(13-20)12-16-6-8-18(9-7-16)26-11-10-21-27(4,24)25/h6-9,21,23H,2,5,10-12,14H2,1,3-4H3/b19-17+. The topological polar surface area (TPSA) is 93.4 Å². The van der Waals surface area contributed by atoms with Crippen LogP contribution in [0.15, 0.2) is 52.7 Å². The Morgan fingerprint density at radius 3 is 2.48 bits per heavy atom. The van der Waals surface area contributed by atoms with Crippen molar-refractivity contribution in [2.75, 3.05) is 32.2 Å². The van der Waals surface area contributed by atoms with Crippen LogP contribution < -0.4 is 4.72 Å². The first-order chi connectivity index (χ1) is 12.7. The molecule has 0 spiro atoms. The highest BCUT2D eigenvalue weighted by Crippen LogP contribution is 2.22. The smallest absolute Gasteiger partial charge is 0.208 e. The Bertz CT molecular complexity index is 810. The number of hydrogen-bond acceptors (Lipinski definition) is 6. The Hall–Kier alpha value is -1.79. The fourth-order valence-corrected chi connectivity index (χ4v) is 3.83. The van der Waals surface area contributed by atoms with Crippen molar-refractivity contribution in [1.82, 2.24) is 9.62 Å². The van der Waals surface area contributed by atoms with Gasteiger partial charge in [-0.2, -0.15) is 5.26 Å². The summed E-state index contributed by atoms with van der Waals surface area (Å²) in [4.78, 5) is 2.82. The van der Waals surface area contributed by atoms with Gasteiger partial charge in [-0.1, -0.05) is 25.6 Å². The van der Waals surface area contributed by atoms with Gasteiger partial charge in [0.15, 0.2) is 0 Å². The van der Waals surface area contributed by atoms with E-state index in [1.807, 2.05) is 31.2 Å². The minimum Gasteiger partial charge on any atom is -0.390 e. The van der Waals surface area contributed by atoms with Crippen molar-refractivity contribution in [3.8, 4) is 6.07 Å². The number of nitriles is 1. The highest BCUT2D eigenvalue weighted by Gasteiger charge is 2.13. The minimum absolute atomic E-state index is 0.154. The first kappa shape index (κ1) is 23.2. The van der Waals surface area contributed by atoms with Gasteiger partial charge in [0, 0.05) is 42.1 Å². The van der Waals surface area contributed by atoms with Gasteiger partial charge < -0.3 is 10.0 Å². The second kappa shape index (κ2) is 11.1. The summed E-state index contributed by atoms with van der Waals surface area (Å²) in [5.74, 6) is 0.643. The maximum absolute atomic E-state index is 11.0. The third-order valence-corrected chi connectivity index (χ3v) is 5.66. The Labute approximate surface area is 166 Å². The molecule has 0 aliphatic carbocycles. The van der Waals surface area contributed by atoms with Gasteiger partial charge in [0.2, 0.25) is 10.0 Å². The Kier molecular flexibility index (Phi) is 9.60. The molecule has 0 atom stereocenters. The van der Waals surface area contributed by atoms with E-state index >= 15 is 0 Å². The van der Waals surface area contributed by atoms with Crippen LogP contribution in [0.25, 0.3) is 0 Å². The lowest BCUT2D eigenvalue weighted by atomic mass is 10.0. The number of aliphatic hydroxyl groups is 1. The van der Waals surface area contributed by atoms with Crippen LogP contribution in [-0.4, -0.2) is 50.6 Å². The second-order valence-electron chi connectivity index (χ2n) is 6.01. The summed E-state index contributed by atoms with van der Waals surface area (Å²) in [6, 6.07) is 10.2. The number of allylic oxidation sites excluding steroid dienone is 2. The first-order valence-electron chi connectivity index (χ1n) is 8.52. The lowest BCUT2D eigenvalue weighted by molar-refractivity contribution is 0.291. The molecule has 1 aromatic carbocycles. The molecule has 1 aromatic rings. The maximum atomic E-state index is 11.0. The van der Waals surface area contributed by atoms with Crippen LogP contribution in [-0.2, 0) is 16.4 Å². The number of aliphatic hydroxyl groups excluding tert-OH is 1. The fraction of sp³-hybridized carbons (Fsp3) is 0.421. The molecule has 0 saturated carbocycles. The zero-order valence-corrected chi connectivity index (χ0v) is 17.7. The number of sulfonamides is 1. The van der Waals surface area contributed by atoms with Crippen LogP contribution in [0.5, 0.6) is 0 Å². The lowest BCUT2D eigenvalue weighted by Crippen LogP contribution is -2.24. The monoisotopic (exact) mass is 409 g/mol. The zero-order chi connectivity index (χ0) is 20.4. The molecule has 2 N–H and O–H groups in total. The molecule has 148 valence electrons. The van der Waals surface area contributed by atoms with Crippen LogP contribution >= 0.6 is 11.8 Å². The Morgan fingerprint density at radius 2 is 2.00 bits per heavy atom. The number of rotatable bonds is 11. The van der Waals surface area contributed by atoms with Crippen LogP contribution in [0, 0.1) is 11.3 Å². The van der Waals surface area contributed by atoms with Gasteiger partial charge in [0.1, 0.15) is 0 Å². The molecule has 0 aliphatic heterocycles. The number of hydrogen-bond donors (Lipinski definition) is 2. The van der Waals surface area contributed by atoms with Crippen LogP contribution in [0.3, 0.4) is 0 Å². The van der Waals surface area contributed by atoms with Crippen molar-refractivity contribution in [3.63, 3.8) is 0 Å². The minimum atomic E-state index is -3.15. The SMILES string of the molecule is C=C(CO)N(C)/C(CC)=C(/C#N)Cc1ccc(SCCNS(C)(=O)=O)cc1. The molecule has 0 aliphatic rings. The van der Waals surface area contributed by atoms with Crippen molar-refractivity contribution in [2.24, 2.45) is 0 Å². The van der Waals surface area contributed by atoms with Crippen molar-refractivity contribution < 1.29 is 13.5 Å². The van der Waals surface area contributed by atoms with E-state index in [0.717, 1.165) is 22.4 Å². The van der Waals surface area contributed by atoms with E-state index < -0.39 is 10.0 Å². The average molecular weight is 410 g/mol. The number of nitrogens with one attached hydrogen (secondary N) is 1. The number of benzene rings is 1. The van der Waals surface area contributed by atoms with Gasteiger partial charge in [-0.15, -0.1) is 11.8 Å². The maximum Gasteiger partial charge on any atom is 0.208 e. The molecular formula is C19H27N3O3S2. The highest BCUT2D eigenvalue weighted by molar-refractivity contribution is 7.99. The molecule has 0 aromatic heterocycles. The molecule has 0 saturated heterocycles. The molecule has 8 heteroatoms. The van der Waals surface area contributed by atoms with Gasteiger partial charge in [-0.05, 0) is 24.1 Å². The third kappa shape index (κ3) is 8.18. The number of nitrogens with zero attached hydrogens (tertiary/aromatic N) is 2. The fourth-order valence-electron chi connectivity index (χ4n) is 2.46. The summed E-state index contributed by atoms with van der Waals surface area (Å²) >= 11 is 1.57. The summed E-state index contributed by atoms with van der Waals surface area (Å²) in [5.41, 5.74) is 3.06. The number of thioether (sulfide) groups is 1. The molecule has 0 radical (unpaired) electrons. The normalized spacial score (nSPS) is 12.3. The van der Waals surface area contributed by atoms with Crippen molar-refractivity contribution in [1.29, 1.82) is 5.26 Å². The van der Waals surface area contributed by atoms with E-state index in [1.54, 1.807) is 23.7 Å². The molecule has 27 heavy (non-hydrogen) atoms. The van der Waals surface area contributed by atoms with Crippen LogP contribution in [0.1, 0.15) is 18.9 Å².